The highest BCUT2D eigenvalue weighted by Gasteiger charge is 2.17. The van der Waals surface area contributed by atoms with E-state index in [4.69, 9.17) is 11.6 Å². The van der Waals surface area contributed by atoms with Gasteiger partial charge in [-0.3, -0.25) is 14.3 Å². The van der Waals surface area contributed by atoms with Crippen molar-refractivity contribution in [1.82, 2.24) is 14.1 Å². The molecule has 2 heterocycles. The predicted molar refractivity (Wildman–Crippen MR) is 94.5 cm³/mol. The minimum atomic E-state index is -3.93. The van der Waals surface area contributed by atoms with Crippen molar-refractivity contribution >= 4 is 38.5 Å². The number of aromatic nitrogens is 3. The maximum Gasteiger partial charge on any atom is 0.316 e. The molecule has 0 saturated heterocycles. The molecule has 3 aromatic rings. The van der Waals surface area contributed by atoms with Gasteiger partial charge in [0, 0.05) is 20.3 Å². The maximum atomic E-state index is 12.5. The lowest BCUT2D eigenvalue weighted by molar-refractivity contribution is 0.601. The Kier molecular flexibility index (Phi) is 4.13. The molecule has 1 N–H and O–H groups in total. The summed E-state index contributed by atoms with van der Waals surface area (Å²) in [7, 11) is -1.06. The molecule has 0 bridgehead atoms. The molecular formula is C15H13ClN4O4S. The minimum absolute atomic E-state index is 0.0644. The van der Waals surface area contributed by atoms with Crippen molar-refractivity contribution in [2.45, 2.75) is 4.90 Å². The molecule has 0 fully saturated rings. The molecule has 10 heteroatoms. The number of benzene rings is 1. The number of nitrogens with zero attached hydrogens (tertiary/aromatic N) is 3. The van der Waals surface area contributed by atoms with Crippen molar-refractivity contribution in [3.63, 3.8) is 0 Å². The van der Waals surface area contributed by atoms with Gasteiger partial charge < -0.3 is 9.13 Å². The van der Waals surface area contributed by atoms with Crippen LogP contribution in [-0.4, -0.2) is 22.5 Å². The van der Waals surface area contributed by atoms with E-state index in [-0.39, 0.29) is 10.7 Å². The molecule has 0 amide bonds. The molecule has 0 spiro atoms. The lowest BCUT2D eigenvalue weighted by Crippen LogP contribution is -2.39. The molecule has 0 aliphatic rings. The Morgan fingerprint density at radius 1 is 1.00 bits per heavy atom. The Balaban J connectivity index is 2.14. The molecule has 130 valence electrons. The molecule has 0 saturated carbocycles. The van der Waals surface area contributed by atoms with Crippen molar-refractivity contribution in [2.24, 2.45) is 14.1 Å². The smallest absolute Gasteiger partial charge is 0.305 e. The Hall–Kier alpha value is -2.65. The van der Waals surface area contributed by atoms with E-state index in [9.17, 15) is 18.0 Å². The van der Waals surface area contributed by atoms with E-state index >= 15 is 0 Å². The molecule has 0 radical (unpaired) electrons. The van der Waals surface area contributed by atoms with E-state index < -0.39 is 21.1 Å². The maximum absolute atomic E-state index is 12.5. The number of anilines is 1. The highest BCUT2D eigenvalue weighted by molar-refractivity contribution is 7.92. The summed E-state index contributed by atoms with van der Waals surface area (Å²) in [5.41, 5.74) is -0.666. The van der Waals surface area contributed by atoms with Crippen LogP contribution in [0.25, 0.3) is 11.0 Å². The number of fused-ring (bicyclic) bond motifs is 1. The summed E-state index contributed by atoms with van der Waals surface area (Å²) in [6, 6.07) is 7.09. The highest BCUT2D eigenvalue weighted by Crippen LogP contribution is 2.19. The van der Waals surface area contributed by atoms with Crippen LogP contribution >= 0.6 is 11.6 Å². The van der Waals surface area contributed by atoms with Crippen LogP contribution in [0.15, 0.2) is 51.0 Å². The van der Waals surface area contributed by atoms with Crippen LogP contribution in [0.2, 0.25) is 5.02 Å². The Labute approximate surface area is 147 Å². The number of rotatable bonds is 3. The molecule has 0 atom stereocenters. The number of pyridine rings is 1. The van der Waals surface area contributed by atoms with Crippen LogP contribution in [0.3, 0.4) is 0 Å². The van der Waals surface area contributed by atoms with Gasteiger partial charge in [-0.05, 0) is 30.3 Å². The molecule has 8 nitrogen and oxygen atoms in total. The standard InChI is InChI=1S/C15H13ClN4O4S/c1-19-11-5-4-10(7-12(11)20(2)15(22)14(19)21)25(23,24)18-13-6-3-9(16)8-17-13/h3-8H,1-2H3,(H,17,18). The van der Waals surface area contributed by atoms with Gasteiger partial charge in [-0.1, -0.05) is 11.6 Å². The zero-order chi connectivity index (χ0) is 18.4. The Morgan fingerprint density at radius 3 is 2.24 bits per heavy atom. The topological polar surface area (TPSA) is 103 Å². The van der Waals surface area contributed by atoms with Gasteiger partial charge in [0.2, 0.25) is 0 Å². The summed E-state index contributed by atoms with van der Waals surface area (Å²) in [4.78, 5) is 27.6. The van der Waals surface area contributed by atoms with Gasteiger partial charge in [0.05, 0.1) is 21.0 Å². The zero-order valence-corrected chi connectivity index (χ0v) is 14.8. The van der Waals surface area contributed by atoms with Gasteiger partial charge in [0.25, 0.3) is 10.0 Å². The Morgan fingerprint density at radius 2 is 1.64 bits per heavy atom. The molecule has 0 unspecified atom stereocenters. The summed E-state index contributed by atoms with van der Waals surface area (Å²) in [5.74, 6) is 0.110. The molecule has 1 aromatic carbocycles. The average Bonchev–Trinajstić information content (AvgIpc) is 2.59. The first-order valence-corrected chi connectivity index (χ1v) is 8.91. The summed E-state index contributed by atoms with van der Waals surface area (Å²) in [5, 5.41) is 0.379. The van der Waals surface area contributed by atoms with E-state index in [1.165, 1.54) is 55.2 Å². The van der Waals surface area contributed by atoms with E-state index in [0.717, 1.165) is 4.57 Å². The molecule has 0 aliphatic heterocycles. The van der Waals surface area contributed by atoms with Crippen molar-refractivity contribution in [1.29, 1.82) is 0 Å². The predicted octanol–water partition coefficient (Wildman–Crippen LogP) is 1.09. The third-order valence-electron chi connectivity index (χ3n) is 3.74. The van der Waals surface area contributed by atoms with Crippen LogP contribution in [0, 0.1) is 0 Å². The van der Waals surface area contributed by atoms with Gasteiger partial charge in [0.15, 0.2) is 0 Å². The second-order valence-electron chi connectivity index (χ2n) is 5.35. The van der Waals surface area contributed by atoms with Crippen LogP contribution in [0.4, 0.5) is 5.82 Å². The van der Waals surface area contributed by atoms with E-state index in [0.29, 0.717) is 16.1 Å². The van der Waals surface area contributed by atoms with E-state index in [1.807, 2.05) is 0 Å². The fourth-order valence-corrected chi connectivity index (χ4v) is 3.50. The van der Waals surface area contributed by atoms with E-state index in [1.54, 1.807) is 0 Å². The van der Waals surface area contributed by atoms with Crippen molar-refractivity contribution in [2.75, 3.05) is 4.72 Å². The van der Waals surface area contributed by atoms with Crippen LogP contribution in [0.5, 0.6) is 0 Å². The first kappa shape index (κ1) is 17.2. The molecule has 3 rings (SSSR count). The summed E-state index contributed by atoms with van der Waals surface area (Å²) < 4.78 is 29.7. The Bertz CT molecular complexity index is 1200. The van der Waals surface area contributed by atoms with Gasteiger partial charge in [-0.2, -0.15) is 0 Å². The average molecular weight is 381 g/mol. The quantitative estimate of drug-likeness (QED) is 0.685. The SMILES string of the molecule is Cn1c(=O)c(=O)n(C)c2cc(S(=O)(=O)Nc3ccc(Cl)cn3)ccc21. The van der Waals surface area contributed by atoms with E-state index in [2.05, 4.69) is 9.71 Å². The van der Waals surface area contributed by atoms with Gasteiger partial charge >= 0.3 is 11.1 Å². The summed E-state index contributed by atoms with van der Waals surface area (Å²) >= 11 is 5.73. The second kappa shape index (κ2) is 6.01. The third-order valence-corrected chi connectivity index (χ3v) is 5.31. The fraction of sp³-hybridized carbons (Fsp3) is 0.133. The van der Waals surface area contributed by atoms with Crippen molar-refractivity contribution < 1.29 is 8.42 Å². The molecule has 0 aliphatic carbocycles. The van der Waals surface area contributed by atoms with Crippen LogP contribution < -0.4 is 15.8 Å². The summed E-state index contributed by atoms with van der Waals surface area (Å²) in [6.07, 6.45) is 1.32. The molecule has 2 aromatic heterocycles. The van der Waals surface area contributed by atoms with Crippen LogP contribution in [-0.2, 0) is 24.1 Å². The first-order chi connectivity index (χ1) is 11.7. The fourth-order valence-electron chi connectivity index (χ4n) is 2.36. The molecule has 25 heavy (non-hydrogen) atoms. The van der Waals surface area contributed by atoms with Gasteiger partial charge in [0.1, 0.15) is 5.82 Å². The lowest BCUT2D eigenvalue weighted by atomic mass is 10.3. The number of hydrogen-bond donors (Lipinski definition) is 1. The second-order valence-corrected chi connectivity index (χ2v) is 7.46. The number of hydrogen-bond acceptors (Lipinski definition) is 5. The highest BCUT2D eigenvalue weighted by atomic mass is 35.5. The zero-order valence-electron chi connectivity index (χ0n) is 13.2. The number of aryl methyl sites for hydroxylation is 2. The van der Waals surface area contributed by atoms with Gasteiger partial charge in [-0.25, -0.2) is 13.4 Å². The largest absolute Gasteiger partial charge is 0.316 e. The summed E-state index contributed by atoms with van der Waals surface area (Å²) in [6.45, 7) is 0. The number of nitrogens with one attached hydrogen (secondary N) is 1. The third kappa shape index (κ3) is 3.03. The van der Waals surface area contributed by atoms with Gasteiger partial charge in [-0.15, -0.1) is 0 Å². The van der Waals surface area contributed by atoms with Crippen molar-refractivity contribution in [3.8, 4) is 0 Å². The van der Waals surface area contributed by atoms with Crippen molar-refractivity contribution in [3.05, 3.63) is 62.3 Å². The monoisotopic (exact) mass is 380 g/mol. The molecular weight excluding hydrogens is 368 g/mol. The first-order valence-electron chi connectivity index (χ1n) is 7.05. The van der Waals surface area contributed by atoms with Crippen LogP contribution in [0.1, 0.15) is 0 Å². The number of sulfonamides is 1. The lowest BCUT2D eigenvalue weighted by Gasteiger charge is -2.12. The minimum Gasteiger partial charge on any atom is -0.305 e. The number of halogens is 1. The normalized spacial score (nSPS) is 11.6.